The van der Waals surface area contributed by atoms with E-state index in [1.807, 2.05) is 20.8 Å². The average Bonchev–Trinajstić information content (AvgIpc) is 2.88. The van der Waals surface area contributed by atoms with Crippen molar-refractivity contribution in [2.75, 3.05) is 6.54 Å². The summed E-state index contributed by atoms with van der Waals surface area (Å²) < 4.78 is 1.76. The number of nitrogens with zero attached hydrogens (tertiary/aromatic N) is 2. The first-order valence-electron chi connectivity index (χ1n) is 9.71. The molecule has 0 aliphatic rings. The molecule has 150 valence electrons. The molecule has 1 N–H and O–H groups in total. The molecular weight excluding hydrogens is 378 g/mol. The summed E-state index contributed by atoms with van der Waals surface area (Å²) in [5.41, 5.74) is 1.04. The van der Waals surface area contributed by atoms with Gasteiger partial charge in [-0.3, -0.25) is 14.2 Å². The Morgan fingerprint density at radius 3 is 2.63 bits per heavy atom. The maximum atomic E-state index is 13.1. The molecule has 0 bridgehead atoms. The van der Waals surface area contributed by atoms with Crippen LogP contribution in [-0.4, -0.2) is 27.3 Å². The van der Waals surface area contributed by atoms with Crippen LogP contribution >= 0.6 is 23.1 Å². The number of hydrogen-bond donors (Lipinski definition) is 1. The van der Waals surface area contributed by atoms with E-state index in [2.05, 4.69) is 26.1 Å². The van der Waals surface area contributed by atoms with E-state index in [4.69, 9.17) is 4.98 Å². The standard InChI is InChI=1S/C20H31N3O2S2/c1-7-8-11-23-19(25)16-13(4)14(5)26-18(16)22-20(23)27-15(6)17(24)21-10-9-12(2)3/h12,15H,7-11H2,1-6H3,(H,21,24). The maximum absolute atomic E-state index is 13.1. The molecule has 0 saturated carbocycles. The number of unbranched alkanes of at least 4 members (excludes halogenated alkanes) is 1. The summed E-state index contributed by atoms with van der Waals surface area (Å²) in [6.45, 7) is 13.6. The zero-order valence-electron chi connectivity index (χ0n) is 17.2. The molecule has 0 radical (unpaired) electrons. The molecule has 0 aliphatic carbocycles. The Morgan fingerprint density at radius 1 is 1.30 bits per heavy atom. The number of carbonyl (C=O) groups is 1. The topological polar surface area (TPSA) is 64.0 Å². The van der Waals surface area contributed by atoms with E-state index in [9.17, 15) is 9.59 Å². The van der Waals surface area contributed by atoms with Crippen molar-refractivity contribution < 1.29 is 4.79 Å². The van der Waals surface area contributed by atoms with E-state index < -0.39 is 0 Å². The molecule has 0 aromatic carbocycles. The Morgan fingerprint density at radius 2 is 2.00 bits per heavy atom. The van der Waals surface area contributed by atoms with Crippen molar-refractivity contribution in [1.82, 2.24) is 14.9 Å². The highest BCUT2D eigenvalue weighted by atomic mass is 32.2. The zero-order valence-corrected chi connectivity index (χ0v) is 18.9. The van der Waals surface area contributed by atoms with Gasteiger partial charge in [-0.1, -0.05) is 39.0 Å². The first kappa shape index (κ1) is 22.0. The van der Waals surface area contributed by atoms with Crippen LogP contribution in [0.2, 0.25) is 0 Å². The van der Waals surface area contributed by atoms with Crippen molar-refractivity contribution in [3.05, 3.63) is 20.8 Å². The first-order chi connectivity index (χ1) is 12.8. The number of nitrogens with one attached hydrogen (secondary N) is 1. The molecule has 1 amide bonds. The van der Waals surface area contributed by atoms with Crippen LogP contribution in [0.1, 0.15) is 57.4 Å². The summed E-state index contributed by atoms with van der Waals surface area (Å²) in [6.07, 6.45) is 2.88. The first-order valence-corrected chi connectivity index (χ1v) is 11.4. The lowest BCUT2D eigenvalue weighted by Crippen LogP contribution is -2.33. The fourth-order valence-corrected chi connectivity index (χ4v) is 4.78. The third-order valence-corrected chi connectivity index (χ3v) is 6.85. The normalized spacial score (nSPS) is 12.7. The summed E-state index contributed by atoms with van der Waals surface area (Å²) in [6, 6.07) is 0. The van der Waals surface area contributed by atoms with Crippen molar-refractivity contribution in [2.45, 2.75) is 77.8 Å². The molecule has 2 rings (SSSR count). The van der Waals surface area contributed by atoms with Crippen molar-refractivity contribution in [1.29, 1.82) is 0 Å². The fourth-order valence-electron chi connectivity index (χ4n) is 2.75. The number of thioether (sulfide) groups is 1. The minimum Gasteiger partial charge on any atom is -0.355 e. The van der Waals surface area contributed by atoms with Gasteiger partial charge in [0.2, 0.25) is 5.91 Å². The Hall–Kier alpha value is -1.34. The van der Waals surface area contributed by atoms with Crippen molar-refractivity contribution in [2.24, 2.45) is 5.92 Å². The minimum absolute atomic E-state index is 0.00409. The van der Waals surface area contributed by atoms with E-state index in [-0.39, 0.29) is 16.7 Å². The minimum atomic E-state index is -0.295. The molecule has 0 fully saturated rings. The van der Waals surface area contributed by atoms with Crippen LogP contribution in [0.15, 0.2) is 9.95 Å². The van der Waals surface area contributed by atoms with Gasteiger partial charge in [0.25, 0.3) is 5.56 Å². The second-order valence-electron chi connectivity index (χ2n) is 7.40. The lowest BCUT2D eigenvalue weighted by molar-refractivity contribution is -0.120. The van der Waals surface area contributed by atoms with Crippen LogP contribution in [0.3, 0.4) is 0 Å². The number of carbonyl (C=O) groups excluding carboxylic acids is 1. The molecule has 0 spiro atoms. The van der Waals surface area contributed by atoms with E-state index in [0.717, 1.165) is 39.9 Å². The predicted molar refractivity (Wildman–Crippen MR) is 116 cm³/mol. The predicted octanol–water partition coefficient (Wildman–Crippen LogP) is 4.52. The van der Waals surface area contributed by atoms with Crippen molar-refractivity contribution in [3.63, 3.8) is 0 Å². The summed E-state index contributed by atoms with van der Waals surface area (Å²) in [4.78, 5) is 32.2. The number of rotatable bonds is 9. The number of amides is 1. The molecule has 2 aromatic rings. The molecule has 7 heteroatoms. The lowest BCUT2D eigenvalue weighted by atomic mass is 10.1. The molecule has 1 atom stereocenters. The molecule has 1 unspecified atom stereocenters. The Balaban J connectivity index is 2.30. The monoisotopic (exact) mass is 409 g/mol. The van der Waals surface area contributed by atoms with Gasteiger partial charge in [-0.05, 0) is 45.1 Å². The number of aryl methyl sites for hydroxylation is 2. The summed E-state index contributed by atoms with van der Waals surface area (Å²) in [5.74, 6) is 0.553. The van der Waals surface area contributed by atoms with Crippen molar-refractivity contribution >= 4 is 39.2 Å². The molecular formula is C20H31N3O2S2. The van der Waals surface area contributed by atoms with Crippen LogP contribution < -0.4 is 10.9 Å². The molecule has 0 saturated heterocycles. The van der Waals surface area contributed by atoms with Gasteiger partial charge in [0.05, 0.1) is 10.6 Å². The van der Waals surface area contributed by atoms with E-state index in [0.29, 0.717) is 24.2 Å². The van der Waals surface area contributed by atoms with Gasteiger partial charge in [-0.25, -0.2) is 4.98 Å². The average molecular weight is 410 g/mol. The number of fused-ring (bicyclic) bond motifs is 1. The molecule has 2 heterocycles. The third-order valence-electron chi connectivity index (χ3n) is 4.66. The third kappa shape index (κ3) is 5.35. The number of thiophene rings is 1. The van der Waals surface area contributed by atoms with Gasteiger partial charge in [0.1, 0.15) is 4.83 Å². The second kappa shape index (κ2) is 9.73. The number of hydrogen-bond acceptors (Lipinski definition) is 5. The van der Waals surface area contributed by atoms with Gasteiger partial charge in [0, 0.05) is 18.0 Å². The highest BCUT2D eigenvalue weighted by molar-refractivity contribution is 8.00. The highest BCUT2D eigenvalue weighted by Gasteiger charge is 2.21. The SMILES string of the molecule is CCCCn1c(SC(C)C(=O)NCCC(C)C)nc2sc(C)c(C)c2c1=O. The molecule has 0 aliphatic heterocycles. The van der Waals surface area contributed by atoms with Crippen LogP contribution in [0.25, 0.3) is 10.2 Å². The Kier molecular flexibility index (Phi) is 7.91. The van der Waals surface area contributed by atoms with Gasteiger partial charge in [-0.15, -0.1) is 11.3 Å². The lowest BCUT2D eigenvalue weighted by Gasteiger charge is -2.16. The second-order valence-corrected chi connectivity index (χ2v) is 9.91. The fraction of sp³-hybridized carbons (Fsp3) is 0.650. The number of aromatic nitrogens is 2. The van der Waals surface area contributed by atoms with E-state index in [1.54, 1.807) is 15.9 Å². The largest absolute Gasteiger partial charge is 0.355 e. The quantitative estimate of drug-likeness (QED) is 0.489. The van der Waals surface area contributed by atoms with Gasteiger partial charge < -0.3 is 5.32 Å². The maximum Gasteiger partial charge on any atom is 0.263 e. The van der Waals surface area contributed by atoms with Crippen LogP contribution in [0.5, 0.6) is 0 Å². The summed E-state index contributed by atoms with van der Waals surface area (Å²) in [5, 5.41) is 4.07. The van der Waals surface area contributed by atoms with E-state index in [1.165, 1.54) is 11.8 Å². The van der Waals surface area contributed by atoms with E-state index >= 15 is 0 Å². The Labute approximate surface area is 170 Å². The van der Waals surface area contributed by atoms with Crippen LogP contribution in [-0.2, 0) is 11.3 Å². The molecule has 27 heavy (non-hydrogen) atoms. The van der Waals surface area contributed by atoms with Crippen molar-refractivity contribution in [3.8, 4) is 0 Å². The van der Waals surface area contributed by atoms with Gasteiger partial charge in [-0.2, -0.15) is 0 Å². The van der Waals surface area contributed by atoms with Crippen LogP contribution in [0, 0.1) is 19.8 Å². The Bertz CT molecular complexity index is 855. The van der Waals surface area contributed by atoms with Gasteiger partial charge >= 0.3 is 0 Å². The zero-order chi connectivity index (χ0) is 20.1. The highest BCUT2D eigenvalue weighted by Crippen LogP contribution is 2.29. The van der Waals surface area contributed by atoms with Gasteiger partial charge in [0.15, 0.2) is 5.16 Å². The summed E-state index contributed by atoms with van der Waals surface area (Å²) in [7, 11) is 0. The van der Waals surface area contributed by atoms with Crippen LogP contribution in [0.4, 0.5) is 0 Å². The molecule has 2 aromatic heterocycles. The smallest absolute Gasteiger partial charge is 0.263 e. The summed E-state index contributed by atoms with van der Waals surface area (Å²) >= 11 is 2.93. The molecule has 5 nitrogen and oxygen atoms in total.